The Hall–Kier alpha value is -1.18. The summed E-state index contributed by atoms with van der Waals surface area (Å²) in [4.78, 5) is 0. The van der Waals surface area contributed by atoms with Gasteiger partial charge in [-0.05, 0) is 81.9 Å². The van der Waals surface area contributed by atoms with Gasteiger partial charge in [0.1, 0.15) is 17.1 Å². The van der Waals surface area contributed by atoms with Crippen molar-refractivity contribution in [3.05, 3.63) is 22.3 Å². The fourth-order valence-corrected chi connectivity index (χ4v) is 4.95. The van der Waals surface area contributed by atoms with E-state index < -0.39 is 0 Å². The van der Waals surface area contributed by atoms with E-state index in [4.69, 9.17) is 4.74 Å². The predicted molar refractivity (Wildman–Crippen MR) is 125 cm³/mol. The first-order valence-electron chi connectivity index (χ1n) is 12.2. The zero-order valence-electron chi connectivity index (χ0n) is 20.3. The van der Waals surface area contributed by atoms with Crippen LogP contribution in [0.4, 0.5) is 0 Å². The van der Waals surface area contributed by atoms with E-state index in [1.807, 2.05) is 13.8 Å². The van der Waals surface area contributed by atoms with Crippen molar-refractivity contribution in [3.63, 3.8) is 0 Å². The van der Waals surface area contributed by atoms with Crippen molar-refractivity contribution in [3.8, 4) is 11.5 Å². The maximum Gasteiger partial charge on any atom is 0.127 e. The summed E-state index contributed by atoms with van der Waals surface area (Å²) in [5.74, 6) is 3.20. The summed E-state index contributed by atoms with van der Waals surface area (Å²) < 4.78 is 6.59. The van der Waals surface area contributed by atoms with E-state index >= 15 is 0 Å². The van der Waals surface area contributed by atoms with Crippen LogP contribution in [-0.2, 0) is 6.42 Å². The van der Waals surface area contributed by atoms with Crippen molar-refractivity contribution in [2.75, 3.05) is 0 Å². The second kappa shape index (κ2) is 10.7. The van der Waals surface area contributed by atoms with Crippen LogP contribution in [0.2, 0.25) is 0 Å². The second-order valence-electron chi connectivity index (χ2n) is 10.3. The van der Waals surface area contributed by atoms with Gasteiger partial charge in [-0.2, -0.15) is 0 Å². The lowest BCUT2D eigenvalue weighted by Gasteiger charge is -2.38. The first-order chi connectivity index (χ1) is 13.7. The zero-order chi connectivity index (χ0) is 21.6. The van der Waals surface area contributed by atoms with Crippen LogP contribution in [0, 0.1) is 32.6 Å². The largest absolute Gasteiger partial charge is 0.507 e. The zero-order valence-corrected chi connectivity index (χ0v) is 20.3. The molecule has 166 valence electrons. The molecule has 2 rings (SSSR count). The van der Waals surface area contributed by atoms with Crippen LogP contribution in [-0.4, -0.2) is 10.7 Å². The summed E-state index contributed by atoms with van der Waals surface area (Å²) in [6, 6.07) is 0. The first-order valence-corrected chi connectivity index (χ1v) is 12.2. The molecule has 0 bridgehead atoms. The van der Waals surface area contributed by atoms with Crippen LogP contribution < -0.4 is 4.74 Å². The highest BCUT2D eigenvalue weighted by molar-refractivity contribution is 5.58. The molecule has 2 heteroatoms. The highest BCUT2D eigenvalue weighted by atomic mass is 16.5. The van der Waals surface area contributed by atoms with Gasteiger partial charge >= 0.3 is 0 Å². The van der Waals surface area contributed by atoms with Crippen molar-refractivity contribution in [1.29, 1.82) is 0 Å². The molecule has 0 spiro atoms. The molecule has 0 fully saturated rings. The van der Waals surface area contributed by atoms with Crippen molar-refractivity contribution in [2.24, 2.45) is 11.8 Å². The SMILES string of the molecule is CCCCC(C)CCCC(C)CCCC1(C)CCc2c(C)c(O)c(C)c(C)c2O1. The lowest BCUT2D eigenvalue weighted by molar-refractivity contribution is 0.0512. The quantitative estimate of drug-likeness (QED) is 0.404. The second-order valence-corrected chi connectivity index (χ2v) is 10.3. The number of benzene rings is 1. The van der Waals surface area contributed by atoms with E-state index in [1.165, 1.54) is 56.9 Å². The van der Waals surface area contributed by atoms with Crippen LogP contribution in [0.25, 0.3) is 0 Å². The number of rotatable bonds is 11. The van der Waals surface area contributed by atoms with Crippen LogP contribution in [0.3, 0.4) is 0 Å². The van der Waals surface area contributed by atoms with Gasteiger partial charge in [-0.3, -0.25) is 0 Å². The number of aromatic hydroxyl groups is 1. The van der Waals surface area contributed by atoms with Crippen molar-refractivity contribution >= 4 is 0 Å². The molecule has 0 amide bonds. The molecule has 0 aromatic heterocycles. The maximum atomic E-state index is 10.4. The fourth-order valence-electron chi connectivity index (χ4n) is 4.95. The Morgan fingerprint density at radius 2 is 1.48 bits per heavy atom. The molecular formula is C27H46O2. The number of phenolic OH excluding ortho intramolecular Hbond substituents is 1. The Labute approximate surface area is 180 Å². The molecule has 0 aliphatic carbocycles. The molecule has 1 aromatic carbocycles. The van der Waals surface area contributed by atoms with Crippen molar-refractivity contribution < 1.29 is 9.84 Å². The summed E-state index contributed by atoms with van der Waals surface area (Å²) in [6.07, 6.45) is 14.0. The topological polar surface area (TPSA) is 29.5 Å². The number of hydrogen-bond donors (Lipinski definition) is 1. The van der Waals surface area contributed by atoms with Crippen LogP contribution in [0.1, 0.15) is 114 Å². The summed E-state index contributed by atoms with van der Waals surface area (Å²) in [5, 5.41) is 10.4. The molecule has 1 aliphatic heterocycles. The van der Waals surface area contributed by atoms with Gasteiger partial charge in [0.05, 0.1) is 0 Å². The average molecular weight is 403 g/mol. The van der Waals surface area contributed by atoms with Crippen molar-refractivity contribution in [1.82, 2.24) is 0 Å². The molecule has 29 heavy (non-hydrogen) atoms. The molecular weight excluding hydrogens is 356 g/mol. The van der Waals surface area contributed by atoms with Gasteiger partial charge in [-0.1, -0.05) is 65.7 Å². The number of hydrogen-bond acceptors (Lipinski definition) is 2. The molecule has 1 heterocycles. The first kappa shape index (κ1) is 24.1. The Bertz CT molecular complexity index is 663. The molecule has 1 N–H and O–H groups in total. The van der Waals surface area contributed by atoms with Gasteiger partial charge in [-0.15, -0.1) is 0 Å². The summed E-state index contributed by atoms with van der Waals surface area (Å²) in [7, 11) is 0. The van der Waals surface area contributed by atoms with E-state index in [0.29, 0.717) is 5.75 Å². The number of phenols is 1. The van der Waals surface area contributed by atoms with Gasteiger partial charge in [-0.25, -0.2) is 0 Å². The average Bonchev–Trinajstić information content (AvgIpc) is 2.69. The van der Waals surface area contributed by atoms with E-state index in [2.05, 4.69) is 34.6 Å². The number of unbranched alkanes of at least 4 members (excludes halogenated alkanes) is 1. The monoisotopic (exact) mass is 402 g/mol. The lowest BCUT2D eigenvalue weighted by atomic mass is 9.84. The normalized spacial score (nSPS) is 20.8. The molecule has 1 aliphatic rings. The van der Waals surface area contributed by atoms with Gasteiger partial charge in [0, 0.05) is 5.56 Å². The molecule has 0 radical (unpaired) electrons. The third-order valence-corrected chi connectivity index (χ3v) is 7.44. The van der Waals surface area contributed by atoms with Gasteiger partial charge in [0.15, 0.2) is 0 Å². The van der Waals surface area contributed by atoms with Gasteiger partial charge in [0.25, 0.3) is 0 Å². The minimum absolute atomic E-state index is 0.0675. The van der Waals surface area contributed by atoms with E-state index in [-0.39, 0.29) is 5.60 Å². The van der Waals surface area contributed by atoms with Crippen molar-refractivity contribution in [2.45, 2.75) is 125 Å². The van der Waals surface area contributed by atoms with E-state index in [0.717, 1.165) is 53.5 Å². The maximum absolute atomic E-state index is 10.4. The molecule has 3 atom stereocenters. The van der Waals surface area contributed by atoms with E-state index in [9.17, 15) is 5.11 Å². The Morgan fingerprint density at radius 3 is 2.10 bits per heavy atom. The third kappa shape index (κ3) is 6.40. The minimum atomic E-state index is -0.0675. The number of fused-ring (bicyclic) bond motifs is 1. The van der Waals surface area contributed by atoms with Crippen LogP contribution >= 0.6 is 0 Å². The smallest absolute Gasteiger partial charge is 0.127 e. The molecule has 0 saturated carbocycles. The van der Waals surface area contributed by atoms with Gasteiger partial charge in [0.2, 0.25) is 0 Å². The van der Waals surface area contributed by atoms with Crippen LogP contribution in [0.5, 0.6) is 11.5 Å². The molecule has 1 aromatic rings. The fraction of sp³-hybridized carbons (Fsp3) is 0.778. The highest BCUT2D eigenvalue weighted by Gasteiger charge is 2.34. The molecule has 2 nitrogen and oxygen atoms in total. The Balaban J connectivity index is 1.80. The highest BCUT2D eigenvalue weighted by Crippen LogP contribution is 2.44. The lowest BCUT2D eigenvalue weighted by Crippen LogP contribution is -2.37. The standard InChI is InChI=1S/C27H46O2/c1-8-9-12-19(2)13-10-14-20(3)15-11-17-27(7)18-16-24-23(6)25(28)21(4)22(5)26(24)29-27/h19-20,28H,8-18H2,1-7H3. The predicted octanol–water partition coefficient (Wildman–Crippen LogP) is 8.20. The van der Waals surface area contributed by atoms with Gasteiger partial charge < -0.3 is 9.84 Å². The molecule has 0 saturated heterocycles. The Kier molecular flexibility index (Phi) is 8.91. The minimum Gasteiger partial charge on any atom is -0.507 e. The van der Waals surface area contributed by atoms with E-state index in [1.54, 1.807) is 0 Å². The summed E-state index contributed by atoms with van der Waals surface area (Å²) >= 11 is 0. The number of ether oxygens (including phenoxy) is 1. The third-order valence-electron chi connectivity index (χ3n) is 7.44. The Morgan fingerprint density at radius 1 is 0.897 bits per heavy atom. The van der Waals surface area contributed by atoms with Crippen LogP contribution in [0.15, 0.2) is 0 Å². The summed E-state index contributed by atoms with van der Waals surface area (Å²) in [6.45, 7) is 15.5. The molecule has 3 unspecified atom stereocenters. The summed E-state index contributed by atoms with van der Waals surface area (Å²) in [5.41, 5.74) is 4.23.